The first-order valence-electron chi connectivity index (χ1n) is 13.0. The Morgan fingerprint density at radius 3 is 2.37 bits per heavy atom. The van der Waals surface area contributed by atoms with Crippen LogP contribution in [0.25, 0.3) is 0 Å². The lowest BCUT2D eigenvalue weighted by atomic mass is 10.1. The van der Waals surface area contributed by atoms with Gasteiger partial charge in [-0.2, -0.15) is 5.10 Å². The Labute approximate surface area is 226 Å². The van der Waals surface area contributed by atoms with Crippen molar-refractivity contribution in [3.8, 4) is 0 Å². The quantitative estimate of drug-likeness (QED) is 0.474. The molecule has 11 nitrogen and oxygen atoms in total. The van der Waals surface area contributed by atoms with Crippen LogP contribution in [0.1, 0.15) is 36.1 Å². The van der Waals surface area contributed by atoms with Crippen molar-refractivity contribution in [2.45, 2.75) is 42.4 Å². The lowest BCUT2D eigenvalue weighted by Gasteiger charge is -2.34. The smallest absolute Gasteiger partial charge is 0.317 e. The number of hydrogen-bond donors (Lipinski definition) is 2. The Morgan fingerprint density at radius 1 is 1.05 bits per heavy atom. The van der Waals surface area contributed by atoms with Crippen molar-refractivity contribution < 1.29 is 18.0 Å². The zero-order chi connectivity index (χ0) is 26.7. The number of benzene rings is 1. The molecule has 1 aromatic carbocycles. The number of anilines is 1. The summed E-state index contributed by atoms with van der Waals surface area (Å²) in [7, 11) is -1.67. The highest BCUT2D eigenvalue weighted by Crippen LogP contribution is 2.33. The fraction of sp³-hybridized carbons (Fsp3) is 0.520. The lowest BCUT2D eigenvalue weighted by Crippen LogP contribution is -2.50. The summed E-state index contributed by atoms with van der Waals surface area (Å²) in [6, 6.07) is 6.41. The van der Waals surface area contributed by atoms with Crippen LogP contribution in [-0.4, -0.2) is 97.4 Å². The van der Waals surface area contributed by atoms with E-state index in [1.807, 2.05) is 5.01 Å². The van der Waals surface area contributed by atoms with Crippen LogP contribution >= 0.6 is 11.3 Å². The molecule has 3 aliphatic rings. The Hall–Kier alpha value is -3.03. The minimum atomic E-state index is -3.30. The number of carbonyl (C=O) groups excluding carboxylic acids is 2. The Bertz CT molecular complexity index is 1290. The first kappa shape index (κ1) is 26.6. The lowest BCUT2D eigenvalue weighted by molar-refractivity contribution is -0.110. The van der Waals surface area contributed by atoms with Crippen molar-refractivity contribution in [3.05, 3.63) is 40.9 Å². The van der Waals surface area contributed by atoms with Gasteiger partial charge in [-0.25, -0.2) is 18.2 Å². The number of nitrogens with one attached hydrogen (secondary N) is 2. The van der Waals surface area contributed by atoms with Gasteiger partial charge < -0.3 is 10.2 Å². The van der Waals surface area contributed by atoms with Crippen molar-refractivity contribution >= 4 is 44.0 Å². The van der Waals surface area contributed by atoms with Crippen LogP contribution in [0.4, 0.5) is 9.93 Å². The summed E-state index contributed by atoms with van der Waals surface area (Å²) in [4.78, 5) is 34.9. The molecule has 38 heavy (non-hydrogen) atoms. The van der Waals surface area contributed by atoms with Gasteiger partial charge in [0.15, 0.2) is 20.7 Å². The van der Waals surface area contributed by atoms with E-state index < -0.39 is 9.84 Å². The highest BCUT2D eigenvalue weighted by molar-refractivity contribution is 7.92. The van der Waals surface area contributed by atoms with Crippen molar-refractivity contribution in [2.75, 3.05) is 51.6 Å². The number of piperazine rings is 1. The molecule has 0 atom stereocenters. The van der Waals surface area contributed by atoms with E-state index in [4.69, 9.17) is 0 Å². The van der Waals surface area contributed by atoms with Crippen LogP contribution in [0.3, 0.4) is 0 Å². The molecular formula is C25H33N7O4S2. The number of hydrazone groups is 1. The molecule has 0 bridgehead atoms. The standard InChI is InChI=1S/C25H33N7O4S2/c1-26-25(34)31-14-12-30(13-15-31)17-19-16-27-24(37-19)28-23(33)22(29-32-10-2-3-11-32)18-4-6-20(7-5-18)38(35,36)21-8-9-21/h4-7,16,21H,2-3,8-15,17H2,1H3,(H,26,34)(H,27,28,33). The number of aromatic nitrogens is 1. The van der Waals surface area contributed by atoms with Gasteiger partial charge in [-0.05, 0) is 37.8 Å². The van der Waals surface area contributed by atoms with E-state index in [0.29, 0.717) is 43.2 Å². The molecule has 2 saturated heterocycles. The molecule has 1 saturated carbocycles. The van der Waals surface area contributed by atoms with Crippen LogP contribution in [-0.2, 0) is 21.2 Å². The van der Waals surface area contributed by atoms with Crippen molar-refractivity contribution in [1.29, 1.82) is 0 Å². The van der Waals surface area contributed by atoms with Gasteiger partial charge in [-0.15, -0.1) is 11.3 Å². The molecular weight excluding hydrogens is 526 g/mol. The van der Waals surface area contributed by atoms with Gasteiger partial charge in [0.1, 0.15) is 0 Å². The SMILES string of the molecule is CNC(=O)N1CCN(Cc2cnc(NC(=O)C(=NN3CCCC3)c3ccc(S(=O)(=O)C4CC4)cc3)s2)CC1. The minimum absolute atomic E-state index is 0.0574. The molecule has 5 rings (SSSR count). The van der Waals surface area contributed by atoms with E-state index in [1.54, 1.807) is 42.4 Å². The van der Waals surface area contributed by atoms with Crippen molar-refractivity contribution in [2.24, 2.45) is 5.10 Å². The topological polar surface area (TPSA) is 127 Å². The van der Waals surface area contributed by atoms with Crippen LogP contribution in [0.2, 0.25) is 0 Å². The Balaban J connectivity index is 1.25. The van der Waals surface area contributed by atoms with E-state index >= 15 is 0 Å². The molecule has 0 radical (unpaired) electrons. The summed E-state index contributed by atoms with van der Waals surface area (Å²) in [5, 5.41) is 12.3. The van der Waals surface area contributed by atoms with Gasteiger partial charge >= 0.3 is 6.03 Å². The fourth-order valence-corrected chi connectivity index (χ4v) is 7.14. The number of rotatable bonds is 8. The molecule has 1 aromatic heterocycles. The Kier molecular flexibility index (Phi) is 7.96. The molecule has 3 amide bonds. The van der Waals surface area contributed by atoms with Crippen molar-refractivity contribution in [1.82, 2.24) is 25.1 Å². The highest BCUT2D eigenvalue weighted by Gasteiger charge is 2.37. The van der Waals surface area contributed by atoms with E-state index in [0.717, 1.165) is 43.9 Å². The third-order valence-electron chi connectivity index (χ3n) is 6.99. The minimum Gasteiger partial charge on any atom is -0.341 e. The molecule has 13 heteroatoms. The van der Waals surface area contributed by atoms with E-state index in [2.05, 4.69) is 25.6 Å². The summed E-state index contributed by atoms with van der Waals surface area (Å²) >= 11 is 1.41. The molecule has 0 unspecified atom stereocenters. The van der Waals surface area contributed by atoms with E-state index in [9.17, 15) is 18.0 Å². The average Bonchev–Trinajstić information content (AvgIpc) is 3.51. The molecule has 3 fully saturated rings. The number of sulfone groups is 1. The van der Waals surface area contributed by atoms with Gasteiger partial charge in [0.25, 0.3) is 5.91 Å². The monoisotopic (exact) mass is 559 g/mol. The van der Waals surface area contributed by atoms with Gasteiger partial charge in [-0.1, -0.05) is 12.1 Å². The van der Waals surface area contributed by atoms with Gasteiger partial charge in [0.2, 0.25) is 0 Å². The number of hydrogen-bond acceptors (Lipinski definition) is 9. The number of urea groups is 1. The molecule has 3 heterocycles. The second-order valence-corrected chi connectivity index (χ2v) is 13.1. The largest absolute Gasteiger partial charge is 0.341 e. The molecule has 204 valence electrons. The Morgan fingerprint density at radius 2 is 1.74 bits per heavy atom. The number of nitrogens with zero attached hydrogens (tertiary/aromatic N) is 5. The molecule has 2 aromatic rings. The first-order valence-corrected chi connectivity index (χ1v) is 15.3. The maximum atomic E-state index is 13.4. The number of amides is 3. The van der Waals surface area contributed by atoms with Gasteiger partial charge in [0, 0.05) is 69.5 Å². The summed E-state index contributed by atoms with van der Waals surface area (Å²) in [5.41, 5.74) is 0.805. The average molecular weight is 560 g/mol. The molecule has 2 N–H and O–H groups in total. The predicted molar refractivity (Wildman–Crippen MR) is 146 cm³/mol. The number of thiazole rings is 1. The zero-order valence-electron chi connectivity index (χ0n) is 21.4. The molecule has 1 aliphatic carbocycles. The summed E-state index contributed by atoms with van der Waals surface area (Å²) in [5.74, 6) is -0.380. The third-order valence-corrected chi connectivity index (χ3v) is 10.2. The van der Waals surface area contributed by atoms with Crippen LogP contribution in [0, 0.1) is 0 Å². The second-order valence-electron chi connectivity index (χ2n) is 9.78. The van der Waals surface area contributed by atoms with Gasteiger partial charge in [0.05, 0.1) is 10.1 Å². The van der Waals surface area contributed by atoms with E-state index in [1.165, 1.54) is 11.3 Å². The van der Waals surface area contributed by atoms with Crippen LogP contribution in [0.5, 0.6) is 0 Å². The first-order chi connectivity index (χ1) is 18.3. The predicted octanol–water partition coefficient (Wildman–Crippen LogP) is 1.97. The van der Waals surface area contributed by atoms with Gasteiger partial charge in [-0.3, -0.25) is 20.0 Å². The summed E-state index contributed by atoms with van der Waals surface area (Å²) < 4.78 is 25.2. The normalized spacial score (nSPS) is 19.0. The molecule has 0 spiro atoms. The third kappa shape index (κ3) is 6.16. The summed E-state index contributed by atoms with van der Waals surface area (Å²) in [6.45, 7) is 5.12. The zero-order valence-corrected chi connectivity index (χ0v) is 23.1. The molecule has 2 aliphatic heterocycles. The highest BCUT2D eigenvalue weighted by atomic mass is 32.2. The van der Waals surface area contributed by atoms with Crippen LogP contribution < -0.4 is 10.6 Å². The second kappa shape index (κ2) is 11.4. The maximum absolute atomic E-state index is 13.4. The fourth-order valence-electron chi connectivity index (χ4n) is 4.63. The maximum Gasteiger partial charge on any atom is 0.317 e. The van der Waals surface area contributed by atoms with Crippen molar-refractivity contribution in [3.63, 3.8) is 0 Å². The summed E-state index contributed by atoms with van der Waals surface area (Å²) in [6.07, 6.45) is 5.21. The van der Waals surface area contributed by atoms with E-state index in [-0.39, 0.29) is 27.8 Å². The number of carbonyl (C=O) groups is 2. The van der Waals surface area contributed by atoms with Crippen LogP contribution in [0.15, 0.2) is 40.5 Å².